The summed E-state index contributed by atoms with van der Waals surface area (Å²) in [5.74, 6) is -1.32. The van der Waals surface area contributed by atoms with Crippen molar-refractivity contribution in [3.05, 3.63) is 35.9 Å². The molecule has 1 N–H and O–H groups in total. The van der Waals surface area contributed by atoms with Crippen molar-refractivity contribution < 1.29 is 14.3 Å². The molecule has 0 radical (unpaired) electrons. The number of hydrogen-bond acceptors (Lipinski definition) is 2. The van der Waals surface area contributed by atoms with Crippen LogP contribution >= 0.6 is 0 Å². The molecule has 1 aromatic carbocycles. The summed E-state index contributed by atoms with van der Waals surface area (Å²) in [6.07, 6.45) is 0.157. The molecule has 1 aromatic rings. The third-order valence-corrected chi connectivity index (χ3v) is 3.28. The van der Waals surface area contributed by atoms with Gasteiger partial charge in [0.1, 0.15) is 0 Å². The van der Waals surface area contributed by atoms with Crippen molar-refractivity contribution in [3.63, 3.8) is 0 Å². The molecule has 0 bridgehead atoms. The Kier molecular flexibility index (Phi) is 3.43. The van der Waals surface area contributed by atoms with E-state index in [0.717, 1.165) is 6.54 Å². The third kappa shape index (κ3) is 2.82. The number of carbonyl (C=O) groups is 1. The zero-order valence-electron chi connectivity index (χ0n) is 9.60. The highest BCUT2D eigenvalue weighted by Crippen LogP contribution is 2.27. The second kappa shape index (κ2) is 4.84. The second-order valence-electron chi connectivity index (χ2n) is 4.53. The minimum absolute atomic E-state index is 0.0785. The van der Waals surface area contributed by atoms with E-state index < -0.39 is 11.6 Å². The Labute approximate surface area is 99.9 Å². The Morgan fingerprint density at radius 2 is 1.88 bits per heavy atom. The van der Waals surface area contributed by atoms with Crippen molar-refractivity contribution in [1.29, 1.82) is 0 Å². The van der Waals surface area contributed by atoms with Gasteiger partial charge in [0, 0.05) is 32.5 Å². The topological polar surface area (TPSA) is 40.5 Å². The fourth-order valence-electron chi connectivity index (χ4n) is 2.12. The van der Waals surface area contributed by atoms with Crippen LogP contribution in [0.5, 0.6) is 0 Å². The van der Waals surface area contributed by atoms with Crippen LogP contribution in [0.1, 0.15) is 18.4 Å². The summed E-state index contributed by atoms with van der Waals surface area (Å²) in [5, 5.41) is 8.78. The van der Waals surface area contributed by atoms with Crippen LogP contribution in [0, 0.1) is 0 Å². The molecule has 0 saturated carbocycles. The van der Waals surface area contributed by atoms with Crippen LogP contribution < -0.4 is 0 Å². The zero-order valence-corrected chi connectivity index (χ0v) is 9.60. The molecular formula is C13H16FNO2. The lowest BCUT2D eigenvalue weighted by atomic mass is 9.93. The number of likely N-dealkylation sites (tertiary alicyclic amines) is 1. The van der Waals surface area contributed by atoms with Crippen LogP contribution in [0.15, 0.2) is 30.3 Å². The molecule has 92 valence electrons. The molecule has 1 saturated heterocycles. The van der Waals surface area contributed by atoms with Gasteiger partial charge in [-0.15, -0.1) is 0 Å². The monoisotopic (exact) mass is 237 g/mol. The van der Waals surface area contributed by atoms with E-state index in [4.69, 9.17) is 5.11 Å². The maximum absolute atomic E-state index is 13.8. The minimum atomic E-state index is -2.02. The van der Waals surface area contributed by atoms with Crippen LogP contribution in [0.4, 0.5) is 4.39 Å². The molecule has 3 nitrogen and oxygen atoms in total. The number of carboxylic acid groups (broad SMARTS) is 1. The molecular weight excluding hydrogens is 221 g/mol. The van der Waals surface area contributed by atoms with Crippen molar-refractivity contribution >= 4 is 5.97 Å². The van der Waals surface area contributed by atoms with Crippen molar-refractivity contribution in [2.24, 2.45) is 0 Å². The first-order valence-electron chi connectivity index (χ1n) is 5.79. The molecule has 0 spiro atoms. The van der Waals surface area contributed by atoms with Crippen LogP contribution in [-0.2, 0) is 11.3 Å². The quantitative estimate of drug-likeness (QED) is 0.875. The first-order valence-corrected chi connectivity index (χ1v) is 5.79. The van der Waals surface area contributed by atoms with E-state index in [2.05, 4.69) is 4.90 Å². The molecule has 1 aliphatic rings. The lowest BCUT2D eigenvalue weighted by Gasteiger charge is -2.33. The van der Waals surface area contributed by atoms with Crippen molar-refractivity contribution in [1.82, 2.24) is 4.90 Å². The summed E-state index contributed by atoms with van der Waals surface area (Å²) in [6.45, 7) is 1.76. The van der Waals surface area contributed by atoms with Gasteiger partial charge in [-0.25, -0.2) is 9.18 Å². The second-order valence-corrected chi connectivity index (χ2v) is 4.53. The van der Waals surface area contributed by atoms with Crippen LogP contribution in [0.2, 0.25) is 0 Å². The summed E-state index contributed by atoms with van der Waals surface area (Å²) in [4.78, 5) is 12.8. The first-order chi connectivity index (χ1) is 8.10. The summed E-state index contributed by atoms with van der Waals surface area (Å²) < 4.78 is 13.8. The molecule has 0 atom stereocenters. The molecule has 1 fully saturated rings. The fourth-order valence-corrected chi connectivity index (χ4v) is 2.12. The van der Waals surface area contributed by atoms with Gasteiger partial charge in [0.2, 0.25) is 5.67 Å². The van der Waals surface area contributed by atoms with Gasteiger partial charge in [0.05, 0.1) is 0 Å². The van der Waals surface area contributed by atoms with E-state index in [1.54, 1.807) is 0 Å². The molecule has 1 heterocycles. The number of rotatable bonds is 3. The van der Waals surface area contributed by atoms with E-state index in [9.17, 15) is 9.18 Å². The average Bonchev–Trinajstić information content (AvgIpc) is 2.33. The van der Waals surface area contributed by atoms with Crippen molar-refractivity contribution in [2.75, 3.05) is 13.1 Å². The van der Waals surface area contributed by atoms with E-state index in [0.29, 0.717) is 13.1 Å². The zero-order chi connectivity index (χ0) is 12.3. The van der Waals surface area contributed by atoms with Gasteiger partial charge in [-0.05, 0) is 5.56 Å². The highest BCUT2D eigenvalue weighted by molar-refractivity contribution is 5.77. The molecule has 2 rings (SSSR count). The molecule has 17 heavy (non-hydrogen) atoms. The highest BCUT2D eigenvalue weighted by atomic mass is 19.1. The summed E-state index contributed by atoms with van der Waals surface area (Å²) in [6, 6.07) is 9.94. The molecule has 0 aliphatic carbocycles. The number of nitrogens with zero attached hydrogens (tertiary/aromatic N) is 1. The molecule has 0 unspecified atom stereocenters. The summed E-state index contributed by atoms with van der Waals surface area (Å²) in [7, 11) is 0. The third-order valence-electron chi connectivity index (χ3n) is 3.28. The normalized spacial score (nSPS) is 20.1. The number of hydrogen-bond donors (Lipinski definition) is 1. The Hall–Kier alpha value is -1.42. The van der Waals surface area contributed by atoms with Gasteiger partial charge in [-0.1, -0.05) is 30.3 Å². The number of benzene rings is 1. The van der Waals surface area contributed by atoms with Crippen LogP contribution in [-0.4, -0.2) is 34.7 Å². The Balaban J connectivity index is 1.90. The fraction of sp³-hybridized carbons (Fsp3) is 0.462. The lowest BCUT2D eigenvalue weighted by molar-refractivity contribution is -0.154. The predicted molar refractivity (Wildman–Crippen MR) is 62.4 cm³/mol. The predicted octanol–water partition coefficient (Wildman–Crippen LogP) is 2.08. The standard InChI is InChI=1S/C13H16FNO2/c14-13(12(16)17)6-8-15(9-7-13)10-11-4-2-1-3-5-11/h1-5H,6-10H2,(H,16,17). The van der Waals surface area contributed by atoms with E-state index in [1.165, 1.54) is 5.56 Å². The van der Waals surface area contributed by atoms with Gasteiger partial charge >= 0.3 is 5.97 Å². The molecule has 1 aliphatic heterocycles. The van der Waals surface area contributed by atoms with Gasteiger partial charge in [0.15, 0.2) is 0 Å². The molecule has 0 amide bonds. The highest BCUT2D eigenvalue weighted by Gasteiger charge is 2.41. The Morgan fingerprint density at radius 1 is 1.29 bits per heavy atom. The largest absolute Gasteiger partial charge is 0.479 e. The SMILES string of the molecule is O=C(O)C1(F)CCN(Cc2ccccc2)CC1. The van der Waals surface area contributed by atoms with Crippen LogP contribution in [0.25, 0.3) is 0 Å². The minimum Gasteiger partial charge on any atom is -0.479 e. The van der Waals surface area contributed by atoms with Crippen molar-refractivity contribution in [3.8, 4) is 0 Å². The van der Waals surface area contributed by atoms with E-state index in [-0.39, 0.29) is 12.8 Å². The van der Waals surface area contributed by atoms with Gasteiger partial charge in [-0.3, -0.25) is 4.90 Å². The van der Waals surface area contributed by atoms with Crippen LogP contribution in [0.3, 0.4) is 0 Å². The lowest BCUT2D eigenvalue weighted by Crippen LogP contribution is -2.46. The Bertz CT molecular complexity index is 386. The number of piperidine rings is 1. The van der Waals surface area contributed by atoms with E-state index in [1.807, 2.05) is 30.3 Å². The van der Waals surface area contributed by atoms with Gasteiger partial charge < -0.3 is 5.11 Å². The van der Waals surface area contributed by atoms with E-state index >= 15 is 0 Å². The molecule has 0 aromatic heterocycles. The smallest absolute Gasteiger partial charge is 0.341 e. The molecule has 4 heteroatoms. The number of carboxylic acids is 1. The Morgan fingerprint density at radius 3 is 2.41 bits per heavy atom. The first kappa shape index (κ1) is 12.0. The van der Waals surface area contributed by atoms with Crippen molar-refractivity contribution in [2.45, 2.75) is 25.1 Å². The number of aliphatic carboxylic acids is 1. The van der Waals surface area contributed by atoms with Gasteiger partial charge in [0.25, 0.3) is 0 Å². The maximum atomic E-state index is 13.8. The number of alkyl halides is 1. The number of halogens is 1. The summed E-state index contributed by atoms with van der Waals surface area (Å²) >= 11 is 0. The average molecular weight is 237 g/mol. The maximum Gasteiger partial charge on any atom is 0.341 e. The van der Waals surface area contributed by atoms with Gasteiger partial charge in [-0.2, -0.15) is 0 Å². The summed E-state index contributed by atoms with van der Waals surface area (Å²) in [5.41, 5.74) is -0.845.